The Labute approximate surface area is 98.1 Å². The molecule has 1 aliphatic carbocycles. The summed E-state index contributed by atoms with van der Waals surface area (Å²) in [6.07, 6.45) is 8.31. The minimum absolute atomic E-state index is 0.201. The Morgan fingerprint density at radius 2 is 2.12 bits per heavy atom. The number of carboxylic acid groups (broad SMARTS) is 1. The Kier molecular flexibility index (Phi) is 4.78. The molecule has 1 aliphatic rings. The van der Waals surface area contributed by atoms with Gasteiger partial charge in [-0.1, -0.05) is 37.1 Å². The highest BCUT2D eigenvalue weighted by atomic mass is 16.4. The predicted molar refractivity (Wildman–Crippen MR) is 66.3 cm³/mol. The van der Waals surface area contributed by atoms with Crippen molar-refractivity contribution in [3.8, 4) is 0 Å². The predicted octanol–water partition coefficient (Wildman–Crippen LogP) is 3.79. The molecule has 0 aromatic rings. The summed E-state index contributed by atoms with van der Waals surface area (Å²) < 4.78 is 0. The topological polar surface area (TPSA) is 37.3 Å². The van der Waals surface area contributed by atoms with E-state index in [9.17, 15) is 4.79 Å². The zero-order valence-electron chi connectivity index (χ0n) is 10.5. The molecule has 1 unspecified atom stereocenters. The second-order valence-electron chi connectivity index (χ2n) is 4.99. The van der Waals surface area contributed by atoms with E-state index >= 15 is 0 Å². The molecule has 90 valence electrons. The van der Waals surface area contributed by atoms with Gasteiger partial charge in [0, 0.05) is 0 Å². The van der Waals surface area contributed by atoms with Crippen LogP contribution in [-0.2, 0) is 4.79 Å². The SMILES string of the molecule is CC(CC(C(=O)O)C(C)C)=C1CC=CCC1. The summed E-state index contributed by atoms with van der Waals surface area (Å²) in [6, 6.07) is 0. The lowest BCUT2D eigenvalue weighted by Crippen LogP contribution is -2.20. The van der Waals surface area contributed by atoms with Crippen molar-refractivity contribution in [1.82, 2.24) is 0 Å². The Balaban J connectivity index is 2.70. The molecule has 0 spiro atoms. The van der Waals surface area contributed by atoms with Gasteiger partial charge in [0.1, 0.15) is 0 Å². The molecule has 0 aromatic carbocycles. The van der Waals surface area contributed by atoms with Gasteiger partial charge in [0.2, 0.25) is 0 Å². The lowest BCUT2D eigenvalue weighted by molar-refractivity contribution is -0.143. The molecule has 0 saturated heterocycles. The Bertz CT molecular complexity index is 311. The van der Waals surface area contributed by atoms with Crippen LogP contribution in [0.1, 0.15) is 46.5 Å². The van der Waals surface area contributed by atoms with E-state index in [1.165, 1.54) is 11.1 Å². The van der Waals surface area contributed by atoms with Crippen LogP contribution in [0.3, 0.4) is 0 Å². The maximum Gasteiger partial charge on any atom is 0.307 e. The molecule has 0 saturated carbocycles. The average molecular weight is 222 g/mol. The monoisotopic (exact) mass is 222 g/mol. The minimum atomic E-state index is -0.665. The lowest BCUT2D eigenvalue weighted by Gasteiger charge is -2.19. The Hall–Kier alpha value is -1.05. The van der Waals surface area contributed by atoms with E-state index in [4.69, 9.17) is 5.11 Å². The van der Waals surface area contributed by atoms with Gasteiger partial charge in [-0.25, -0.2) is 0 Å². The van der Waals surface area contributed by atoms with Crippen molar-refractivity contribution < 1.29 is 9.90 Å². The number of hydrogen-bond acceptors (Lipinski definition) is 1. The molecule has 0 amide bonds. The fourth-order valence-electron chi connectivity index (χ4n) is 2.17. The van der Waals surface area contributed by atoms with Crippen LogP contribution in [0.25, 0.3) is 0 Å². The molecule has 1 N–H and O–H groups in total. The van der Waals surface area contributed by atoms with Gasteiger partial charge in [0.05, 0.1) is 5.92 Å². The first-order valence-electron chi connectivity index (χ1n) is 6.07. The van der Waals surface area contributed by atoms with Crippen molar-refractivity contribution in [3.05, 3.63) is 23.3 Å². The molecule has 1 rings (SSSR count). The molecule has 0 radical (unpaired) electrons. The van der Waals surface area contributed by atoms with Gasteiger partial charge in [0.25, 0.3) is 0 Å². The number of hydrogen-bond donors (Lipinski definition) is 1. The van der Waals surface area contributed by atoms with E-state index in [1.54, 1.807) is 0 Å². The van der Waals surface area contributed by atoms with Gasteiger partial charge in [-0.15, -0.1) is 0 Å². The quantitative estimate of drug-likeness (QED) is 0.735. The maximum absolute atomic E-state index is 11.1. The standard InChI is InChI=1S/C14H22O2/c1-10(2)13(14(15)16)9-11(3)12-7-5-4-6-8-12/h4-5,10,13H,6-9H2,1-3H3,(H,15,16). The van der Waals surface area contributed by atoms with Crippen LogP contribution in [0.2, 0.25) is 0 Å². The van der Waals surface area contributed by atoms with Crippen molar-refractivity contribution in [1.29, 1.82) is 0 Å². The molecule has 2 heteroatoms. The maximum atomic E-state index is 11.1. The largest absolute Gasteiger partial charge is 0.481 e. The second kappa shape index (κ2) is 5.88. The van der Waals surface area contributed by atoms with Crippen molar-refractivity contribution in [2.75, 3.05) is 0 Å². The molecule has 1 atom stereocenters. The summed E-state index contributed by atoms with van der Waals surface area (Å²) >= 11 is 0. The van der Waals surface area contributed by atoms with Crippen LogP contribution in [0.5, 0.6) is 0 Å². The normalized spacial score (nSPS) is 21.0. The molecule has 0 fully saturated rings. The third kappa shape index (κ3) is 3.51. The Morgan fingerprint density at radius 3 is 2.56 bits per heavy atom. The fourth-order valence-corrected chi connectivity index (χ4v) is 2.17. The van der Waals surface area contributed by atoms with Crippen LogP contribution >= 0.6 is 0 Å². The number of carboxylic acids is 1. The van der Waals surface area contributed by atoms with E-state index in [1.807, 2.05) is 13.8 Å². The first-order valence-corrected chi connectivity index (χ1v) is 6.07. The molecule has 16 heavy (non-hydrogen) atoms. The highest BCUT2D eigenvalue weighted by Gasteiger charge is 2.22. The van der Waals surface area contributed by atoms with E-state index < -0.39 is 5.97 Å². The van der Waals surface area contributed by atoms with Gasteiger partial charge < -0.3 is 5.11 Å². The number of aliphatic carboxylic acids is 1. The lowest BCUT2D eigenvalue weighted by atomic mass is 9.86. The van der Waals surface area contributed by atoms with Gasteiger partial charge >= 0.3 is 5.97 Å². The molecule has 0 aliphatic heterocycles. The van der Waals surface area contributed by atoms with Gasteiger partial charge in [-0.2, -0.15) is 0 Å². The summed E-state index contributed by atoms with van der Waals surface area (Å²) in [5.41, 5.74) is 2.72. The Morgan fingerprint density at radius 1 is 1.44 bits per heavy atom. The number of rotatable bonds is 4. The molecule has 0 bridgehead atoms. The van der Waals surface area contributed by atoms with E-state index in [2.05, 4.69) is 19.1 Å². The van der Waals surface area contributed by atoms with Gasteiger partial charge in [-0.05, 0) is 38.5 Å². The summed E-state index contributed by atoms with van der Waals surface area (Å²) in [5, 5.41) is 9.15. The number of carbonyl (C=O) groups is 1. The summed E-state index contributed by atoms with van der Waals surface area (Å²) in [7, 11) is 0. The van der Waals surface area contributed by atoms with Gasteiger partial charge in [0.15, 0.2) is 0 Å². The van der Waals surface area contributed by atoms with Crippen LogP contribution in [0, 0.1) is 11.8 Å². The van der Waals surface area contributed by atoms with E-state index in [0.29, 0.717) is 6.42 Å². The molecular formula is C14H22O2. The number of allylic oxidation sites excluding steroid dienone is 4. The molecule has 2 nitrogen and oxygen atoms in total. The van der Waals surface area contributed by atoms with Crippen molar-refractivity contribution in [2.24, 2.45) is 11.8 Å². The minimum Gasteiger partial charge on any atom is -0.481 e. The smallest absolute Gasteiger partial charge is 0.307 e. The summed E-state index contributed by atoms with van der Waals surface area (Å²) in [4.78, 5) is 11.1. The van der Waals surface area contributed by atoms with E-state index in [-0.39, 0.29) is 11.8 Å². The zero-order valence-corrected chi connectivity index (χ0v) is 10.5. The summed E-state index contributed by atoms with van der Waals surface area (Å²) in [5.74, 6) is -0.702. The molecule has 0 heterocycles. The summed E-state index contributed by atoms with van der Waals surface area (Å²) in [6.45, 7) is 6.06. The van der Waals surface area contributed by atoms with Crippen LogP contribution < -0.4 is 0 Å². The molecular weight excluding hydrogens is 200 g/mol. The van der Waals surface area contributed by atoms with Crippen LogP contribution in [0.15, 0.2) is 23.3 Å². The highest BCUT2D eigenvalue weighted by molar-refractivity contribution is 5.70. The molecule has 0 aromatic heterocycles. The third-order valence-electron chi connectivity index (χ3n) is 3.40. The van der Waals surface area contributed by atoms with Crippen molar-refractivity contribution in [3.63, 3.8) is 0 Å². The second-order valence-corrected chi connectivity index (χ2v) is 4.99. The van der Waals surface area contributed by atoms with Crippen LogP contribution in [0.4, 0.5) is 0 Å². The first kappa shape index (κ1) is 13.0. The fraction of sp³-hybridized carbons (Fsp3) is 0.643. The first-order chi connectivity index (χ1) is 7.52. The van der Waals surface area contributed by atoms with Crippen molar-refractivity contribution >= 4 is 5.97 Å². The average Bonchev–Trinajstić information content (AvgIpc) is 2.25. The van der Waals surface area contributed by atoms with E-state index in [0.717, 1.165) is 19.3 Å². The zero-order chi connectivity index (χ0) is 12.1. The van der Waals surface area contributed by atoms with Gasteiger partial charge in [-0.3, -0.25) is 4.79 Å². The van der Waals surface area contributed by atoms with Crippen molar-refractivity contribution in [2.45, 2.75) is 46.5 Å². The third-order valence-corrected chi connectivity index (χ3v) is 3.40. The highest BCUT2D eigenvalue weighted by Crippen LogP contribution is 2.27. The van der Waals surface area contributed by atoms with Crippen LogP contribution in [-0.4, -0.2) is 11.1 Å².